The fourth-order valence-electron chi connectivity index (χ4n) is 0.703. The first-order valence-electron chi connectivity index (χ1n) is 3.57. The average Bonchev–Trinajstić information content (AvgIpc) is 1.86. The molecule has 2 N–H and O–H groups in total. The Kier molecular flexibility index (Phi) is 4.26. The lowest BCUT2D eigenvalue weighted by Crippen LogP contribution is -2.30. The van der Waals surface area contributed by atoms with Gasteiger partial charge in [0.2, 0.25) is 5.91 Å². The molecule has 4 nitrogen and oxygen atoms in total. The molecule has 0 aromatic heterocycles. The molecule has 64 valence electrons. The molecule has 1 amide bonds. The van der Waals surface area contributed by atoms with Crippen LogP contribution in [0.15, 0.2) is 0 Å². The number of amides is 1. The Bertz CT molecular complexity index is 156. The SMILES string of the molecule is CCNC(=O)C(C)CC(=O)O. The van der Waals surface area contributed by atoms with Crippen molar-refractivity contribution < 1.29 is 14.7 Å². The van der Waals surface area contributed by atoms with E-state index in [9.17, 15) is 9.59 Å². The molecule has 0 spiro atoms. The molecule has 0 saturated carbocycles. The van der Waals surface area contributed by atoms with Gasteiger partial charge in [0, 0.05) is 12.5 Å². The molecule has 0 fully saturated rings. The lowest BCUT2D eigenvalue weighted by atomic mass is 10.1. The van der Waals surface area contributed by atoms with Crippen LogP contribution in [0.5, 0.6) is 0 Å². The van der Waals surface area contributed by atoms with Crippen LogP contribution in [0.3, 0.4) is 0 Å². The maximum atomic E-state index is 10.9. The largest absolute Gasteiger partial charge is 0.481 e. The van der Waals surface area contributed by atoms with Gasteiger partial charge in [0.05, 0.1) is 6.42 Å². The molecule has 0 saturated heterocycles. The number of carboxylic acid groups (broad SMARTS) is 1. The van der Waals surface area contributed by atoms with Gasteiger partial charge in [-0.15, -0.1) is 0 Å². The molecule has 0 aromatic rings. The van der Waals surface area contributed by atoms with E-state index in [0.29, 0.717) is 6.54 Å². The van der Waals surface area contributed by atoms with Crippen molar-refractivity contribution in [3.63, 3.8) is 0 Å². The maximum absolute atomic E-state index is 10.9. The minimum absolute atomic E-state index is 0.105. The normalized spacial score (nSPS) is 12.2. The summed E-state index contributed by atoms with van der Waals surface area (Å²) in [4.78, 5) is 21.0. The lowest BCUT2D eigenvalue weighted by Gasteiger charge is -2.07. The topological polar surface area (TPSA) is 66.4 Å². The highest BCUT2D eigenvalue weighted by molar-refractivity contribution is 5.82. The molecule has 1 atom stereocenters. The van der Waals surface area contributed by atoms with Crippen molar-refractivity contribution >= 4 is 11.9 Å². The Labute approximate surface area is 65.6 Å². The second-order valence-corrected chi connectivity index (χ2v) is 2.39. The first-order chi connectivity index (χ1) is 5.07. The van der Waals surface area contributed by atoms with Gasteiger partial charge in [-0.2, -0.15) is 0 Å². The lowest BCUT2D eigenvalue weighted by molar-refractivity contribution is -0.140. The summed E-state index contributed by atoms with van der Waals surface area (Å²) in [6.07, 6.45) is -0.105. The Morgan fingerprint density at radius 1 is 1.55 bits per heavy atom. The molecule has 11 heavy (non-hydrogen) atoms. The minimum Gasteiger partial charge on any atom is -0.481 e. The number of carbonyl (C=O) groups is 2. The van der Waals surface area contributed by atoms with Crippen LogP contribution in [0.25, 0.3) is 0 Å². The van der Waals surface area contributed by atoms with E-state index in [2.05, 4.69) is 5.32 Å². The predicted octanol–water partition coefficient (Wildman–Crippen LogP) is 0.233. The summed E-state index contributed by atoms with van der Waals surface area (Å²) >= 11 is 0. The van der Waals surface area contributed by atoms with Crippen molar-refractivity contribution in [1.29, 1.82) is 0 Å². The Morgan fingerprint density at radius 2 is 2.09 bits per heavy atom. The average molecular weight is 159 g/mol. The van der Waals surface area contributed by atoms with Crippen LogP contribution in [0.1, 0.15) is 20.3 Å². The standard InChI is InChI=1S/C7H13NO3/c1-3-8-7(11)5(2)4-6(9)10/h5H,3-4H2,1-2H3,(H,8,11)(H,9,10). The van der Waals surface area contributed by atoms with Crippen molar-refractivity contribution in [2.45, 2.75) is 20.3 Å². The van der Waals surface area contributed by atoms with Crippen molar-refractivity contribution in [1.82, 2.24) is 5.32 Å². The molecule has 0 aromatic carbocycles. The molecule has 0 aliphatic carbocycles. The van der Waals surface area contributed by atoms with E-state index in [0.717, 1.165) is 0 Å². The van der Waals surface area contributed by atoms with E-state index in [1.165, 1.54) is 0 Å². The number of aliphatic carboxylic acids is 1. The molecule has 0 aliphatic rings. The molecular weight excluding hydrogens is 146 g/mol. The highest BCUT2D eigenvalue weighted by atomic mass is 16.4. The Hall–Kier alpha value is -1.06. The second-order valence-electron chi connectivity index (χ2n) is 2.39. The molecule has 0 rings (SSSR count). The number of carbonyl (C=O) groups excluding carboxylic acids is 1. The number of rotatable bonds is 4. The predicted molar refractivity (Wildman–Crippen MR) is 40.1 cm³/mol. The highest BCUT2D eigenvalue weighted by Gasteiger charge is 2.14. The van der Waals surface area contributed by atoms with Gasteiger partial charge in [0.1, 0.15) is 0 Å². The van der Waals surface area contributed by atoms with Gasteiger partial charge in [0.25, 0.3) is 0 Å². The summed E-state index contributed by atoms with van der Waals surface area (Å²) in [6.45, 7) is 3.94. The van der Waals surface area contributed by atoms with Crippen LogP contribution in [-0.4, -0.2) is 23.5 Å². The Balaban J connectivity index is 3.73. The third-order valence-corrected chi connectivity index (χ3v) is 1.28. The van der Waals surface area contributed by atoms with Crippen LogP contribution in [0.4, 0.5) is 0 Å². The third kappa shape index (κ3) is 4.36. The van der Waals surface area contributed by atoms with E-state index in [1.807, 2.05) is 0 Å². The number of hydrogen-bond donors (Lipinski definition) is 2. The van der Waals surface area contributed by atoms with E-state index >= 15 is 0 Å². The minimum atomic E-state index is -0.941. The molecular formula is C7H13NO3. The first-order valence-corrected chi connectivity index (χ1v) is 3.57. The summed E-state index contributed by atoms with van der Waals surface area (Å²) in [5.74, 6) is -1.58. The number of nitrogens with one attached hydrogen (secondary N) is 1. The van der Waals surface area contributed by atoms with E-state index in [1.54, 1.807) is 13.8 Å². The molecule has 0 radical (unpaired) electrons. The van der Waals surface area contributed by atoms with Crippen molar-refractivity contribution in [3.8, 4) is 0 Å². The molecule has 1 unspecified atom stereocenters. The van der Waals surface area contributed by atoms with Gasteiger partial charge in [-0.25, -0.2) is 0 Å². The van der Waals surface area contributed by atoms with Gasteiger partial charge < -0.3 is 10.4 Å². The van der Waals surface area contributed by atoms with Crippen LogP contribution in [0.2, 0.25) is 0 Å². The maximum Gasteiger partial charge on any atom is 0.304 e. The quantitative estimate of drug-likeness (QED) is 0.617. The van der Waals surface area contributed by atoms with Crippen molar-refractivity contribution in [2.75, 3.05) is 6.54 Å². The van der Waals surface area contributed by atoms with Gasteiger partial charge in [-0.3, -0.25) is 9.59 Å². The number of hydrogen-bond acceptors (Lipinski definition) is 2. The van der Waals surface area contributed by atoms with Gasteiger partial charge in [-0.1, -0.05) is 6.92 Å². The molecule has 0 heterocycles. The third-order valence-electron chi connectivity index (χ3n) is 1.28. The molecule has 0 bridgehead atoms. The van der Waals surface area contributed by atoms with Gasteiger partial charge in [-0.05, 0) is 6.92 Å². The monoisotopic (exact) mass is 159 g/mol. The van der Waals surface area contributed by atoms with Crippen molar-refractivity contribution in [3.05, 3.63) is 0 Å². The van der Waals surface area contributed by atoms with Crippen molar-refractivity contribution in [2.24, 2.45) is 5.92 Å². The van der Waals surface area contributed by atoms with Gasteiger partial charge in [0.15, 0.2) is 0 Å². The zero-order valence-corrected chi connectivity index (χ0v) is 6.76. The van der Waals surface area contributed by atoms with E-state index in [-0.39, 0.29) is 12.3 Å². The van der Waals surface area contributed by atoms with Crippen LogP contribution >= 0.6 is 0 Å². The highest BCUT2D eigenvalue weighted by Crippen LogP contribution is 2.00. The number of carboxylic acids is 1. The van der Waals surface area contributed by atoms with Gasteiger partial charge >= 0.3 is 5.97 Å². The van der Waals surface area contributed by atoms with Crippen LogP contribution < -0.4 is 5.32 Å². The van der Waals surface area contributed by atoms with E-state index < -0.39 is 11.9 Å². The second kappa shape index (κ2) is 4.71. The summed E-state index contributed by atoms with van der Waals surface area (Å²) in [5, 5.41) is 10.9. The summed E-state index contributed by atoms with van der Waals surface area (Å²) in [6, 6.07) is 0. The fraction of sp³-hybridized carbons (Fsp3) is 0.714. The zero-order chi connectivity index (χ0) is 8.85. The van der Waals surface area contributed by atoms with Crippen LogP contribution in [0, 0.1) is 5.92 Å². The summed E-state index contributed by atoms with van der Waals surface area (Å²) < 4.78 is 0. The summed E-state index contributed by atoms with van der Waals surface area (Å²) in [7, 11) is 0. The van der Waals surface area contributed by atoms with Crippen LogP contribution in [-0.2, 0) is 9.59 Å². The molecule has 4 heteroatoms. The smallest absolute Gasteiger partial charge is 0.304 e. The Morgan fingerprint density at radius 3 is 2.45 bits per heavy atom. The zero-order valence-electron chi connectivity index (χ0n) is 6.76. The first kappa shape index (κ1) is 9.94. The summed E-state index contributed by atoms with van der Waals surface area (Å²) in [5.41, 5.74) is 0. The fourth-order valence-corrected chi connectivity index (χ4v) is 0.703. The van der Waals surface area contributed by atoms with E-state index in [4.69, 9.17) is 5.11 Å². The molecule has 0 aliphatic heterocycles.